The Bertz CT molecular complexity index is 1040. The summed E-state index contributed by atoms with van der Waals surface area (Å²) < 4.78 is 5.76. The van der Waals surface area contributed by atoms with Gasteiger partial charge in [0, 0.05) is 25.4 Å². The molecule has 186 valence electrons. The van der Waals surface area contributed by atoms with Gasteiger partial charge in [0.15, 0.2) is 0 Å². The van der Waals surface area contributed by atoms with E-state index in [2.05, 4.69) is 29.6 Å². The second-order valence-electron chi connectivity index (χ2n) is 9.99. The molecule has 0 bridgehead atoms. The zero-order valence-electron chi connectivity index (χ0n) is 20.4. The lowest BCUT2D eigenvalue weighted by atomic mass is 9.94. The number of rotatable bonds is 9. The van der Waals surface area contributed by atoms with Crippen LogP contribution in [0.2, 0.25) is 0 Å². The number of likely N-dealkylation sites (tertiary alicyclic amines) is 1. The number of carbonyl (C=O) groups is 3. The maximum absolute atomic E-state index is 13.0. The molecule has 2 aromatic carbocycles. The van der Waals surface area contributed by atoms with Crippen LogP contribution in [-0.2, 0) is 14.3 Å². The molecule has 2 atom stereocenters. The number of carboxylic acid groups (broad SMARTS) is 1. The quantitative estimate of drug-likeness (QED) is 0.547. The molecule has 0 spiro atoms. The number of benzene rings is 2. The van der Waals surface area contributed by atoms with Crippen molar-refractivity contribution in [2.45, 2.75) is 51.5 Å². The van der Waals surface area contributed by atoms with E-state index in [9.17, 15) is 19.5 Å². The molecule has 0 aromatic heterocycles. The van der Waals surface area contributed by atoms with Gasteiger partial charge < -0.3 is 15.2 Å². The van der Waals surface area contributed by atoms with Gasteiger partial charge in [-0.05, 0) is 53.4 Å². The second kappa shape index (κ2) is 10.9. The van der Waals surface area contributed by atoms with E-state index in [1.165, 1.54) is 16.0 Å². The van der Waals surface area contributed by atoms with Crippen LogP contribution in [-0.4, -0.2) is 53.7 Å². The molecule has 7 heteroatoms. The number of fused-ring (bicyclic) bond motifs is 3. The third-order valence-electron chi connectivity index (χ3n) is 6.96. The molecule has 7 nitrogen and oxygen atoms in total. The Morgan fingerprint density at radius 1 is 1.06 bits per heavy atom. The zero-order chi connectivity index (χ0) is 24.9. The average molecular weight is 479 g/mol. The minimum Gasteiger partial charge on any atom is -0.481 e. The molecular formula is C28H34N2O5. The third kappa shape index (κ3) is 5.66. The fourth-order valence-electron chi connectivity index (χ4n) is 5.45. The number of hydrogen-bond donors (Lipinski definition) is 2. The molecule has 35 heavy (non-hydrogen) atoms. The summed E-state index contributed by atoms with van der Waals surface area (Å²) in [6.07, 6.45) is 1.55. The van der Waals surface area contributed by atoms with E-state index >= 15 is 0 Å². The largest absolute Gasteiger partial charge is 0.481 e. The van der Waals surface area contributed by atoms with Gasteiger partial charge in [-0.15, -0.1) is 0 Å². The van der Waals surface area contributed by atoms with Gasteiger partial charge in [0.05, 0.1) is 0 Å². The molecule has 1 fully saturated rings. The van der Waals surface area contributed by atoms with Gasteiger partial charge >= 0.3 is 12.1 Å². The molecule has 0 unspecified atom stereocenters. The summed E-state index contributed by atoms with van der Waals surface area (Å²) in [5.74, 6) is -0.948. The Morgan fingerprint density at radius 2 is 1.69 bits per heavy atom. The standard InChI is InChI=1S/C28H34N2O5/c1-18(2)14-19(15-26(31)32)16-29-27(33)25-12-7-13-30(25)28(34)35-17-24-22-10-5-3-8-20(22)21-9-4-6-11-23(21)24/h3-6,8-11,18-19,24-25H,7,12-17H2,1-2H3,(H,29,33)(H,31,32)/t19-,25-/m0/s1. The lowest BCUT2D eigenvalue weighted by Crippen LogP contribution is -2.47. The van der Waals surface area contributed by atoms with Gasteiger partial charge in [-0.3, -0.25) is 14.5 Å². The van der Waals surface area contributed by atoms with Crippen molar-refractivity contribution in [3.63, 3.8) is 0 Å². The number of aliphatic carboxylic acids is 1. The Hall–Kier alpha value is -3.35. The smallest absolute Gasteiger partial charge is 0.410 e. The van der Waals surface area contributed by atoms with E-state index < -0.39 is 18.1 Å². The fourth-order valence-corrected chi connectivity index (χ4v) is 5.45. The van der Waals surface area contributed by atoms with Crippen LogP contribution in [0.1, 0.15) is 56.6 Å². The highest BCUT2D eigenvalue weighted by molar-refractivity contribution is 5.86. The Labute approximate surface area is 206 Å². The molecule has 2 aromatic rings. The summed E-state index contributed by atoms with van der Waals surface area (Å²) in [6, 6.07) is 15.8. The Balaban J connectivity index is 1.36. The van der Waals surface area contributed by atoms with Crippen LogP contribution in [0.15, 0.2) is 48.5 Å². The van der Waals surface area contributed by atoms with Crippen molar-refractivity contribution >= 4 is 18.0 Å². The Morgan fingerprint density at radius 3 is 2.29 bits per heavy atom. The van der Waals surface area contributed by atoms with E-state index in [1.807, 2.05) is 38.1 Å². The molecule has 1 saturated heterocycles. The highest BCUT2D eigenvalue weighted by Crippen LogP contribution is 2.44. The third-order valence-corrected chi connectivity index (χ3v) is 6.96. The van der Waals surface area contributed by atoms with Crippen LogP contribution in [0.5, 0.6) is 0 Å². The highest BCUT2D eigenvalue weighted by atomic mass is 16.6. The van der Waals surface area contributed by atoms with Gasteiger partial charge in [-0.25, -0.2) is 4.79 Å². The van der Waals surface area contributed by atoms with Crippen molar-refractivity contribution in [1.82, 2.24) is 10.2 Å². The van der Waals surface area contributed by atoms with Crippen molar-refractivity contribution in [3.05, 3.63) is 59.7 Å². The normalized spacial score (nSPS) is 17.7. The molecule has 1 heterocycles. The number of hydrogen-bond acceptors (Lipinski definition) is 4. The number of nitrogens with one attached hydrogen (secondary N) is 1. The van der Waals surface area contributed by atoms with Crippen LogP contribution >= 0.6 is 0 Å². The first-order valence-electron chi connectivity index (χ1n) is 12.5. The summed E-state index contributed by atoms with van der Waals surface area (Å²) in [4.78, 5) is 38.6. The molecule has 2 N–H and O–H groups in total. The van der Waals surface area contributed by atoms with Crippen LogP contribution in [0.25, 0.3) is 11.1 Å². The maximum atomic E-state index is 13.0. The van der Waals surface area contributed by atoms with Crippen molar-refractivity contribution in [2.75, 3.05) is 19.7 Å². The van der Waals surface area contributed by atoms with Crippen LogP contribution < -0.4 is 5.32 Å². The molecule has 2 amide bonds. The summed E-state index contributed by atoms with van der Waals surface area (Å²) in [5, 5.41) is 12.1. The minimum absolute atomic E-state index is 0.0131. The highest BCUT2D eigenvalue weighted by Gasteiger charge is 2.36. The average Bonchev–Trinajstić information content (AvgIpc) is 3.44. The first-order chi connectivity index (χ1) is 16.8. The SMILES string of the molecule is CC(C)C[C@H](CNC(=O)[C@@H]1CCCN1C(=O)OCC1c2ccccc2-c2ccccc21)CC(=O)O. The molecule has 1 aliphatic heterocycles. The number of nitrogens with zero attached hydrogens (tertiary/aromatic N) is 1. The van der Waals surface area contributed by atoms with Crippen LogP contribution in [0.3, 0.4) is 0 Å². The van der Waals surface area contributed by atoms with E-state index in [0.717, 1.165) is 17.5 Å². The summed E-state index contributed by atoms with van der Waals surface area (Å²) >= 11 is 0. The molecule has 0 radical (unpaired) electrons. The van der Waals surface area contributed by atoms with Gasteiger partial charge in [-0.1, -0.05) is 62.4 Å². The summed E-state index contributed by atoms with van der Waals surface area (Å²) in [5.41, 5.74) is 4.62. The summed E-state index contributed by atoms with van der Waals surface area (Å²) in [7, 11) is 0. The van der Waals surface area contributed by atoms with E-state index in [-0.39, 0.29) is 30.8 Å². The lowest BCUT2D eigenvalue weighted by Gasteiger charge is -2.25. The predicted molar refractivity (Wildman–Crippen MR) is 133 cm³/mol. The second-order valence-corrected chi connectivity index (χ2v) is 9.99. The first kappa shape index (κ1) is 24.8. The molecule has 1 aliphatic carbocycles. The topological polar surface area (TPSA) is 95.9 Å². The van der Waals surface area contributed by atoms with E-state index in [1.54, 1.807) is 0 Å². The first-order valence-corrected chi connectivity index (χ1v) is 12.5. The van der Waals surface area contributed by atoms with Gasteiger partial charge in [0.25, 0.3) is 0 Å². The van der Waals surface area contributed by atoms with Crippen LogP contribution in [0, 0.1) is 11.8 Å². The Kier molecular flexibility index (Phi) is 7.73. The van der Waals surface area contributed by atoms with Gasteiger partial charge in [0.1, 0.15) is 12.6 Å². The molecule has 2 aliphatic rings. The van der Waals surface area contributed by atoms with Crippen molar-refractivity contribution in [3.8, 4) is 11.1 Å². The lowest BCUT2D eigenvalue weighted by molar-refractivity contribution is -0.138. The predicted octanol–water partition coefficient (Wildman–Crippen LogP) is 4.65. The number of carbonyl (C=O) groups excluding carboxylic acids is 2. The maximum Gasteiger partial charge on any atom is 0.410 e. The van der Waals surface area contributed by atoms with Crippen molar-refractivity contribution in [1.29, 1.82) is 0 Å². The summed E-state index contributed by atoms with van der Waals surface area (Å²) in [6.45, 7) is 5.05. The van der Waals surface area contributed by atoms with E-state index in [0.29, 0.717) is 31.8 Å². The molecular weight excluding hydrogens is 444 g/mol. The minimum atomic E-state index is -0.869. The zero-order valence-corrected chi connectivity index (χ0v) is 20.4. The molecule has 0 saturated carbocycles. The van der Waals surface area contributed by atoms with Crippen molar-refractivity contribution in [2.24, 2.45) is 11.8 Å². The van der Waals surface area contributed by atoms with Gasteiger partial charge in [-0.2, -0.15) is 0 Å². The van der Waals surface area contributed by atoms with E-state index in [4.69, 9.17) is 4.74 Å². The van der Waals surface area contributed by atoms with Crippen molar-refractivity contribution < 1.29 is 24.2 Å². The molecule has 4 rings (SSSR count). The monoisotopic (exact) mass is 478 g/mol. The number of amides is 2. The number of ether oxygens (including phenoxy) is 1. The van der Waals surface area contributed by atoms with Gasteiger partial charge in [0.2, 0.25) is 5.91 Å². The fraction of sp³-hybridized carbons (Fsp3) is 0.464. The number of carboxylic acids is 1. The van der Waals surface area contributed by atoms with Crippen LogP contribution in [0.4, 0.5) is 4.79 Å².